The molecular weight excluding hydrogens is 414 g/mol. The van der Waals surface area contributed by atoms with Gasteiger partial charge >= 0.3 is 0 Å². The van der Waals surface area contributed by atoms with E-state index in [2.05, 4.69) is 4.90 Å². The van der Waals surface area contributed by atoms with Gasteiger partial charge in [0.25, 0.3) is 5.91 Å². The van der Waals surface area contributed by atoms with Gasteiger partial charge in [-0.1, -0.05) is 23.5 Å². The summed E-state index contributed by atoms with van der Waals surface area (Å²) in [5.74, 6) is 2.16. The highest BCUT2D eigenvalue weighted by atomic mass is 32.1. The van der Waals surface area contributed by atoms with E-state index in [4.69, 9.17) is 19.2 Å². The molecule has 2 aliphatic heterocycles. The fourth-order valence-electron chi connectivity index (χ4n) is 3.97. The van der Waals surface area contributed by atoms with Gasteiger partial charge in [0.1, 0.15) is 11.9 Å². The van der Waals surface area contributed by atoms with Crippen molar-refractivity contribution in [1.29, 1.82) is 0 Å². The number of para-hydroxylation sites is 2. The molecule has 0 N–H and O–H groups in total. The molecule has 31 heavy (non-hydrogen) atoms. The predicted molar refractivity (Wildman–Crippen MR) is 121 cm³/mol. The molecule has 3 aromatic rings. The van der Waals surface area contributed by atoms with Crippen molar-refractivity contribution >= 4 is 32.6 Å². The average Bonchev–Trinajstić information content (AvgIpc) is 3.22. The lowest BCUT2D eigenvalue weighted by atomic mass is 10.1. The van der Waals surface area contributed by atoms with Crippen LogP contribution in [0.3, 0.4) is 0 Å². The van der Waals surface area contributed by atoms with Crippen molar-refractivity contribution in [2.45, 2.75) is 26.1 Å². The molecule has 0 bridgehead atoms. The van der Waals surface area contributed by atoms with Gasteiger partial charge in [0.2, 0.25) is 6.10 Å². The van der Waals surface area contributed by atoms with E-state index in [1.54, 1.807) is 11.3 Å². The topological polar surface area (TPSA) is 64.1 Å². The zero-order valence-electron chi connectivity index (χ0n) is 17.6. The Morgan fingerprint density at radius 3 is 2.61 bits per heavy atom. The van der Waals surface area contributed by atoms with Crippen LogP contribution in [-0.2, 0) is 4.79 Å². The number of fused-ring (bicyclic) bond motifs is 2. The molecule has 0 spiro atoms. The molecule has 2 unspecified atom stereocenters. The number of amides is 1. The van der Waals surface area contributed by atoms with Gasteiger partial charge in [0, 0.05) is 26.2 Å². The number of anilines is 1. The summed E-state index contributed by atoms with van der Waals surface area (Å²) in [6.45, 7) is 7.25. The maximum atomic E-state index is 13.1. The van der Waals surface area contributed by atoms with Crippen LogP contribution in [0.25, 0.3) is 10.2 Å². The number of aromatic nitrogens is 1. The first-order chi connectivity index (χ1) is 15.1. The molecular formula is C23H25N3O4S. The van der Waals surface area contributed by atoms with E-state index in [0.717, 1.165) is 34.2 Å². The van der Waals surface area contributed by atoms with Crippen molar-refractivity contribution in [3.63, 3.8) is 0 Å². The number of hydrogen-bond donors (Lipinski definition) is 0. The van der Waals surface area contributed by atoms with E-state index >= 15 is 0 Å². The molecule has 0 radical (unpaired) electrons. The van der Waals surface area contributed by atoms with E-state index in [1.807, 2.05) is 61.2 Å². The number of carbonyl (C=O) groups is 1. The van der Waals surface area contributed by atoms with Crippen LogP contribution >= 0.6 is 11.3 Å². The van der Waals surface area contributed by atoms with Crippen LogP contribution in [-0.4, -0.2) is 60.8 Å². The second-order valence-electron chi connectivity index (χ2n) is 7.68. The SMILES string of the molecule is CCOc1ccc2nc(N3CCN(C(=O)C4Oc5ccccc5OC4C)CC3)sc2c1. The zero-order valence-corrected chi connectivity index (χ0v) is 18.4. The number of benzene rings is 2. The number of piperazine rings is 1. The number of ether oxygens (including phenoxy) is 3. The number of rotatable bonds is 4. The molecule has 2 aromatic carbocycles. The summed E-state index contributed by atoms with van der Waals surface area (Å²) in [4.78, 5) is 22.0. The number of nitrogens with zero attached hydrogens (tertiary/aromatic N) is 3. The number of carbonyl (C=O) groups excluding carboxylic acids is 1. The van der Waals surface area contributed by atoms with Gasteiger partial charge in [0.15, 0.2) is 16.6 Å². The second-order valence-corrected chi connectivity index (χ2v) is 8.69. The molecule has 2 atom stereocenters. The Hall–Kier alpha value is -3.00. The minimum atomic E-state index is -0.624. The first kappa shape index (κ1) is 19.9. The molecule has 2 aliphatic rings. The lowest BCUT2D eigenvalue weighted by Gasteiger charge is -2.38. The molecule has 1 aromatic heterocycles. The quantitative estimate of drug-likeness (QED) is 0.619. The third-order valence-corrected chi connectivity index (χ3v) is 6.69. The molecule has 1 saturated heterocycles. The summed E-state index contributed by atoms with van der Waals surface area (Å²) in [6.07, 6.45) is -0.954. The Morgan fingerprint density at radius 1 is 1.13 bits per heavy atom. The Morgan fingerprint density at radius 2 is 1.87 bits per heavy atom. The lowest BCUT2D eigenvalue weighted by molar-refractivity contribution is -0.144. The maximum Gasteiger partial charge on any atom is 0.267 e. The van der Waals surface area contributed by atoms with Crippen LogP contribution in [0, 0.1) is 0 Å². The highest BCUT2D eigenvalue weighted by Gasteiger charge is 2.37. The normalized spacial score (nSPS) is 20.7. The van der Waals surface area contributed by atoms with Crippen molar-refractivity contribution in [2.24, 2.45) is 0 Å². The summed E-state index contributed by atoms with van der Waals surface area (Å²) in [6, 6.07) is 13.5. The summed E-state index contributed by atoms with van der Waals surface area (Å²) < 4.78 is 18.6. The van der Waals surface area contributed by atoms with Gasteiger partial charge in [-0.05, 0) is 44.2 Å². The largest absolute Gasteiger partial charge is 0.494 e. The summed E-state index contributed by atoms with van der Waals surface area (Å²) in [7, 11) is 0. The Labute approximate surface area is 185 Å². The molecule has 3 heterocycles. The van der Waals surface area contributed by atoms with Gasteiger partial charge in [0.05, 0.1) is 16.8 Å². The van der Waals surface area contributed by atoms with Crippen LogP contribution in [0.2, 0.25) is 0 Å². The van der Waals surface area contributed by atoms with E-state index < -0.39 is 6.10 Å². The van der Waals surface area contributed by atoms with Crippen molar-refractivity contribution in [3.05, 3.63) is 42.5 Å². The second kappa shape index (κ2) is 8.26. The Kier molecular flexibility index (Phi) is 5.31. The van der Waals surface area contributed by atoms with Crippen LogP contribution in [0.15, 0.2) is 42.5 Å². The fourth-order valence-corrected chi connectivity index (χ4v) is 5.02. The molecule has 162 valence electrons. The Bertz CT molecular complexity index is 1090. The van der Waals surface area contributed by atoms with E-state index in [1.165, 1.54) is 0 Å². The van der Waals surface area contributed by atoms with Gasteiger partial charge in [-0.25, -0.2) is 4.98 Å². The standard InChI is InChI=1S/C23H25N3O4S/c1-3-28-16-8-9-17-20(14-16)31-23(24-17)26-12-10-25(11-13-26)22(27)21-15(2)29-18-6-4-5-7-19(18)30-21/h4-9,14-15,21H,3,10-13H2,1-2H3. The van der Waals surface area contributed by atoms with Crippen LogP contribution < -0.4 is 19.1 Å². The molecule has 0 aliphatic carbocycles. The van der Waals surface area contributed by atoms with Crippen LogP contribution in [0.1, 0.15) is 13.8 Å². The Balaban J connectivity index is 1.24. The monoisotopic (exact) mass is 439 g/mol. The number of hydrogen-bond acceptors (Lipinski definition) is 7. The van der Waals surface area contributed by atoms with Gasteiger partial charge in [-0.3, -0.25) is 4.79 Å². The highest BCUT2D eigenvalue weighted by Crippen LogP contribution is 2.35. The fraction of sp³-hybridized carbons (Fsp3) is 0.391. The molecule has 1 fully saturated rings. The van der Waals surface area contributed by atoms with Gasteiger partial charge in [-0.2, -0.15) is 0 Å². The van der Waals surface area contributed by atoms with E-state index in [-0.39, 0.29) is 12.0 Å². The minimum absolute atomic E-state index is 0.0210. The van der Waals surface area contributed by atoms with Crippen molar-refractivity contribution in [1.82, 2.24) is 9.88 Å². The smallest absolute Gasteiger partial charge is 0.267 e. The summed E-state index contributed by atoms with van der Waals surface area (Å²) in [5.41, 5.74) is 0.974. The van der Waals surface area contributed by atoms with Crippen LogP contribution in [0.4, 0.5) is 5.13 Å². The summed E-state index contributed by atoms with van der Waals surface area (Å²) >= 11 is 1.66. The van der Waals surface area contributed by atoms with Gasteiger partial charge < -0.3 is 24.0 Å². The maximum absolute atomic E-state index is 13.1. The highest BCUT2D eigenvalue weighted by molar-refractivity contribution is 7.22. The average molecular weight is 440 g/mol. The predicted octanol–water partition coefficient (Wildman–Crippen LogP) is 3.57. The molecule has 0 saturated carbocycles. The van der Waals surface area contributed by atoms with E-state index in [9.17, 15) is 4.79 Å². The molecule has 7 nitrogen and oxygen atoms in total. The minimum Gasteiger partial charge on any atom is -0.494 e. The number of thiazole rings is 1. The van der Waals surface area contributed by atoms with E-state index in [0.29, 0.717) is 31.2 Å². The third-order valence-electron chi connectivity index (χ3n) is 5.61. The first-order valence-corrected chi connectivity index (χ1v) is 11.4. The molecule has 1 amide bonds. The van der Waals surface area contributed by atoms with Crippen molar-refractivity contribution in [2.75, 3.05) is 37.7 Å². The third kappa shape index (κ3) is 3.87. The molecule has 5 rings (SSSR count). The lowest BCUT2D eigenvalue weighted by Crippen LogP contribution is -2.56. The van der Waals surface area contributed by atoms with Crippen LogP contribution in [0.5, 0.6) is 17.2 Å². The van der Waals surface area contributed by atoms with Gasteiger partial charge in [-0.15, -0.1) is 0 Å². The van der Waals surface area contributed by atoms with Crippen molar-refractivity contribution in [3.8, 4) is 17.2 Å². The zero-order chi connectivity index (χ0) is 21.4. The summed E-state index contributed by atoms with van der Waals surface area (Å²) in [5, 5.41) is 0.982. The first-order valence-electron chi connectivity index (χ1n) is 10.6. The van der Waals surface area contributed by atoms with Crippen molar-refractivity contribution < 1.29 is 19.0 Å². The molecule has 8 heteroatoms.